The maximum Gasteiger partial charge on any atom is 0.344 e. The summed E-state index contributed by atoms with van der Waals surface area (Å²) in [5.41, 5.74) is 1.72. The van der Waals surface area contributed by atoms with Crippen LogP contribution in [0.2, 0.25) is 0 Å². The minimum Gasteiger partial charge on any atom is -0.402 e. The molecule has 0 aliphatic heterocycles. The number of rotatable bonds is 2. The van der Waals surface area contributed by atoms with Crippen molar-refractivity contribution >= 4 is 5.97 Å². The van der Waals surface area contributed by atoms with E-state index in [0.717, 1.165) is 5.56 Å². The predicted octanol–water partition coefficient (Wildman–Crippen LogP) is 2.48. The van der Waals surface area contributed by atoms with E-state index in [4.69, 9.17) is 10.00 Å². The van der Waals surface area contributed by atoms with Crippen molar-refractivity contribution in [2.75, 3.05) is 0 Å². The van der Waals surface area contributed by atoms with E-state index in [-0.39, 0.29) is 11.4 Å². The van der Waals surface area contributed by atoms with Gasteiger partial charge in [0.1, 0.15) is 11.6 Å². The summed E-state index contributed by atoms with van der Waals surface area (Å²) >= 11 is 0. The highest BCUT2D eigenvalue weighted by atomic mass is 16.5. The lowest BCUT2D eigenvalue weighted by molar-refractivity contribution is 0.0727. The first-order chi connectivity index (χ1) is 8.70. The molecular formula is C14H10N2O2. The molecule has 0 fully saturated rings. The Morgan fingerprint density at radius 2 is 2.00 bits per heavy atom. The summed E-state index contributed by atoms with van der Waals surface area (Å²) in [6.07, 6.45) is 1.47. The number of hydrogen-bond donors (Lipinski definition) is 0. The van der Waals surface area contributed by atoms with Crippen molar-refractivity contribution in [1.82, 2.24) is 4.98 Å². The normalized spacial score (nSPS) is 9.56. The van der Waals surface area contributed by atoms with E-state index in [0.29, 0.717) is 5.56 Å². The molecule has 0 unspecified atom stereocenters. The molecule has 18 heavy (non-hydrogen) atoms. The van der Waals surface area contributed by atoms with Crippen molar-refractivity contribution in [3.63, 3.8) is 0 Å². The number of hydrogen-bond acceptors (Lipinski definition) is 4. The number of nitrogens with zero attached hydrogens (tertiary/aromatic N) is 2. The number of esters is 1. The second-order valence-electron chi connectivity index (χ2n) is 3.72. The van der Waals surface area contributed by atoms with Gasteiger partial charge in [-0.2, -0.15) is 5.26 Å². The fourth-order valence-electron chi connectivity index (χ4n) is 1.39. The molecule has 2 rings (SSSR count). The quantitative estimate of drug-likeness (QED) is 0.754. The predicted molar refractivity (Wildman–Crippen MR) is 65.1 cm³/mol. The minimum absolute atomic E-state index is 0.0329. The Bertz CT molecular complexity index is 612. The first-order valence-corrected chi connectivity index (χ1v) is 5.34. The van der Waals surface area contributed by atoms with E-state index in [1.54, 1.807) is 24.3 Å². The van der Waals surface area contributed by atoms with Crippen LogP contribution in [0.5, 0.6) is 5.88 Å². The maximum atomic E-state index is 11.8. The van der Waals surface area contributed by atoms with E-state index in [1.165, 1.54) is 6.20 Å². The summed E-state index contributed by atoms with van der Waals surface area (Å²) < 4.78 is 5.09. The molecule has 0 atom stereocenters. The number of pyridine rings is 1. The summed E-state index contributed by atoms with van der Waals surface area (Å²) in [4.78, 5) is 15.7. The second kappa shape index (κ2) is 5.11. The van der Waals surface area contributed by atoms with E-state index >= 15 is 0 Å². The topological polar surface area (TPSA) is 63.0 Å². The van der Waals surface area contributed by atoms with Gasteiger partial charge in [0, 0.05) is 6.20 Å². The Labute approximate surface area is 104 Å². The van der Waals surface area contributed by atoms with Crippen molar-refractivity contribution in [1.29, 1.82) is 5.26 Å². The smallest absolute Gasteiger partial charge is 0.344 e. The van der Waals surface area contributed by atoms with Gasteiger partial charge in [-0.25, -0.2) is 9.78 Å². The molecule has 0 aliphatic carbocycles. The molecule has 0 aliphatic rings. The molecule has 0 bridgehead atoms. The molecular weight excluding hydrogens is 228 g/mol. The standard InChI is InChI=1S/C14H10N2O2/c1-10-4-6-11(7-5-10)14(17)18-13-12(9-15)3-2-8-16-13/h2-8H,1H3. The molecule has 0 saturated heterocycles. The molecule has 0 amide bonds. The van der Waals surface area contributed by atoms with Gasteiger partial charge in [-0.3, -0.25) is 0 Å². The zero-order chi connectivity index (χ0) is 13.0. The van der Waals surface area contributed by atoms with Crippen molar-refractivity contribution in [3.8, 4) is 11.9 Å². The van der Waals surface area contributed by atoms with Crippen LogP contribution in [0.3, 0.4) is 0 Å². The van der Waals surface area contributed by atoms with Crippen LogP contribution in [0.25, 0.3) is 0 Å². The Balaban J connectivity index is 2.22. The highest BCUT2D eigenvalue weighted by molar-refractivity contribution is 5.91. The average molecular weight is 238 g/mol. The van der Waals surface area contributed by atoms with Gasteiger partial charge >= 0.3 is 5.97 Å². The van der Waals surface area contributed by atoms with E-state index in [2.05, 4.69) is 4.98 Å². The molecule has 2 aromatic rings. The van der Waals surface area contributed by atoms with Crippen molar-refractivity contribution < 1.29 is 9.53 Å². The highest BCUT2D eigenvalue weighted by Gasteiger charge is 2.12. The lowest BCUT2D eigenvalue weighted by Gasteiger charge is -2.04. The third-order valence-electron chi connectivity index (χ3n) is 2.37. The fraction of sp³-hybridized carbons (Fsp3) is 0.0714. The molecule has 0 radical (unpaired) electrons. The van der Waals surface area contributed by atoms with Crippen LogP contribution in [-0.2, 0) is 0 Å². The number of nitriles is 1. The lowest BCUT2D eigenvalue weighted by Crippen LogP contribution is -2.10. The lowest BCUT2D eigenvalue weighted by atomic mass is 10.1. The molecule has 4 heteroatoms. The van der Waals surface area contributed by atoms with Crippen LogP contribution in [0, 0.1) is 18.3 Å². The minimum atomic E-state index is -0.523. The van der Waals surface area contributed by atoms with Crippen LogP contribution in [-0.4, -0.2) is 11.0 Å². The van der Waals surface area contributed by atoms with Crippen LogP contribution < -0.4 is 4.74 Å². The summed E-state index contributed by atoms with van der Waals surface area (Å²) in [5.74, 6) is -0.490. The summed E-state index contributed by atoms with van der Waals surface area (Å²) in [5, 5.41) is 8.86. The Morgan fingerprint density at radius 1 is 1.28 bits per heavy atom. The summed E-state index contributed by atoms with van der Waals surface area (Å²) in [6.45, 7) is 1.93. The van der Waals surface area contributed by atoms with Gasteiger partial charge < -0.3 is 4.74 Å². The zero-order valence-electron chi connectivity index (χ0n) is 9.75. The third-order valence-corrected chi connectivity index (χ3v) is 2.37. The van der Waals surface area contributed by atoms with Gasteiger partial charge in [-0.1, -0.05) is 17.7 Å². The monoisotopic (exact) mass is 238 g/mol. The van der Waals surface area contributed by atoms with Crippen LogP contribution >= 0.6 is 0 Å². The van der Waals surface area contributed by atoms with Crippen LogP contribution in [0.15, 0.2) is 42.6 Å². The van der Waals surface area contributed by atoms with Crippen molar-refractivity contribution in [3.05, 3.63) is 59.3 Å². The molecule has 88 valence electrons. The molecule has 4 nitrogen and oxygen atoms in total. The number of carbonyl (C=O) groups is 1. The Morgan fingerprint density at radius 3 is 2.67 bits per heavy atom. The number of benzene rings is 1. The summed E-state index contributed by atoms with van der Waals surface area (Å²) in [7, 11) is 0. The number of aryl methyl sites for hydroxylation is 1. The molecule has 1 heterocycles. The van der Waals surface area contributed by atoms with Crippen molar-refractivity contribution in [2.24, 2.45) is 0 Å². The number of aromatic nitrogens is 1. The summed E-state index contributed by atoms with van der Waals surface area (Å²) in [6, 6.07) is 12.1. The SMILES string of the molecule is Cc1ccc(C(=O)Oc2ncccc2C#N)cc1. The van der Waals surface area contributed by atoms with Gasteiger partial charge in [0.15, 0.2) is 0 Å². The van der Waals surface area contributed by atoms with Gasteiger partial charge in [0.2, 0.25) is 5.88 Å². The first-order valence-electron chi connectivity index (χ1n) is 5.34. The molecule has 0 spiro atoms. The number of carbonyl (C=O) groups excluding carboxylic acids is 1. The van der Waals surface area contributed by atoms with Gasteiger partial charge in [-0.15, -0.1) is 0 Å². The van der Waals surface area contributed by atoms with Crippen LogP contribution in [0.1, 0.15) is 21.5 Å². The third kappa shape index (κ3) is 2.53. The average Bonchev–Trinajstić information content (AvgIpc) is 2.40. The van der Waals surface area contributed by atoms with E-state index in [9.17, 15) is 4.79 Å². The molecule has 0 N–H and O–H groups in total. The van der Waals surface area contributed by atoms with Gasteiger partial charge in [0.25, 0.3) is 0 Å². The zero-order valence-corrected chi connectivity index (χ0v) is 9.75. The van der Waals surface area contributed by atoms with E-state index < -0.39 is 5.97 Å². The van der Waals surface area contributed by atoms with E-state index in [1.807, 2.05) is 25.1 Å². The first kappa shape index (κ1) is 11.8. The van der Waals surface area contributed by atoms with Crippen LogP contribution in [0.4, 0.5) is 0 Å². The molecule has 1 aromatic heterocycles. The van der Waals surface area contributed by atoms with Crippen molar-refractivity contribution in [2.45, 2.75) is 6.92 Å². The largest absolute Gasteiger partial charge is 0.402 e. The molecule has 0 saturated carbocycles. The van der Waals surface area contributed by atoms with Gasteiger partial charge in [0.05, 0.1) is 5.56 Å². The molecule has 1 aromatic carbocycles. The second-order valence-corrected chi connectivity index (χ2v) is 3.72. The van der Waals surface area contributed by atoms with Gasteiger partial charge in [-0.05, 0) is 31.2 Å². The maximum absolute atomic E-state index is 11.8. The fourth-order valence-corrected chi connectivity index (χ4v) is 1.39. The highest BCUT2D eigenvalue weighted by Crippen LogP contribution is 2.15. The Kier molecular flexibility index (Phi) is 3.35. The number of ether oxygens (including phenoxy) is 1. The Hall–Kier alpha value is -2.67.